The van der Waals surface area contributed by atoms with E-state index in [0.717, 1.165) is 48.7 Å². The van der Waals surface area contributed by atoms with Crippen LogP contribution >= 0.6 is 0 Å². The van der Waals surface area contributed by atoms with Gasteiger partial charge in [0.25, 0.3) is 0 Å². The normalized spacial score (nSPS) is 16.8. The minimum Gasteiger partial charge on any atom is -0.370 e. The number of allylic oxidation sites excluding steroid dienone is 1. The second kappa shape index (κ2) is 8.64. The van der Waals surface area contributed by atoms with Crippen molar-refractivity contribution in [1.29, 1.82) is 5.41 Å². The number of primary sulfonamides is 1. The van der Waals surface area contributed by atoms with Crippen LogP contribution in [0.15, 0.2) is 70.2 Å². The summed E-state index contributed by atoms with van der Waals surface area (Å²) in [5, 5.41) is 12.9. The van der Waals surface area contributed by atoms with E-state index >= 15 is 0 Å². The van der Waals surface area contributed by atoms with Crippen LogP contribution in [-0.4, -0.2) is 57.5 Å². The summed E-state index contributed by atoms with van der Waals surface area (Å²) in [4.78, 5) is 9.44. The molecule has 1 fully saturated rings. The molecule has 2 aliphatic heterocycles. The molecule has 4 rings (SSSR count). The fraction of sp³-hybridized carbons (Fsp3) is 0.304. The third-order valence-electron chi connectivity index (χ3n) is 5.65. The highest BCUT2D eigenvalue weighted by Gasteiger charge is 2.23. The third kappa shape index (κ3) is 4.86. The Morgan fingerprint density at radius 2 is 1.68 bits per heavy atom. The number of benzene rings is 2. The van der Waals surface area contributed by atoms with Gasteiger partial charge in [-0.2, -0.15) is 0 Å². The van der Waals surface area contributed by atoms with Crippen LogP contribution in [0.1, 0.15) is 13.3 Å². The minimum atomic E-state index is -3.70. The molecule has 2 aliphatic rings. The number of nitrogens with two attached hydrogens (primary N) is 1. The molecule has 8 heteroatoms. The zero-order valence-electron chi connectivity index (χ0n) is 17.6. The number of piperazine rings is 1. The van der Waals surface area contributed by atoms with E-state index in [0.29, 0.717) is 18.7 Å². The first-order valence-electron chi connectivity index (χ1n) is 10.3. The first-order chi connectivity index (χ1) is 14.8. The lowest BCUT2D eigenvalue weighted by molar-refractivity contribution is 0.320. The van der Waals surface area contributed by atoms with Crippen LogP contribution in [0, 0.1) is 5.41 Å². The molecular formula is C23H27N5O2S. The molecule has 2 aromatic rings. The molecule has 162 valence electrons. The number of nitrogens with zero attached hydrogens (tertiary/aromatic N) is 3. The molecule has 0 aliphatic carbocycles. The Morgan fingerprint density at radius 3 is 2.32 bits per heavy atom. The van der Waals surface area contributed by atoms with Gasteiger partial charge in [-0.3, -0.25) is 4.99 Å². The summed E-state index contributed by atoms with van der Waals surface area (Å²) >= 11 is 0. The van der Waals surface area contributed by atoms with Gasteiger partial charge in [-0.05, 0) is 36.8 Å². The quantitative estimate of drug-likeness (QED) is 0.678. The van der Waals surface area contributed by atoms with Crippen molar-refractivity contribution >= 4 is 27.1 Å². The summed E-state index contributed by atoms with van der Waals surface area (Å²) in [5.41, 5.74) is 6.05. The van der Waals surface area contributed by atoms with Crippen LogP contribution in [0.25, 0.3) is 11.1 Å². The van der Waals surface area contributed by atoms with Crippen molar-refractivity contribution in [3.63, 3.8) is 0 Å². The zero-order valence-corrected chi connectivity index (χ0v) is 18.4. The van der Waals surface area contributed by atoms with Gasteiger partial charge in [0, 0.05) is 61.0 Å². The van der Waals surface area contributed by atoms with Gasteiger partial charge >= 0.3 is 0 Å². The van der Waals surface area contributed by atoms with Crippen molar-refractivity contribution in [2.24, 2.45) is 10.1 Å². The SMILES string of the molecule is CC(=N)CC1=NCC(N2CCN(c3ccccc3-c3ccc(S(N)(=O)=O)cc3)CC2)=C1. The maximum absolute atomic E-state index is 11.5. The van der Waals surface area contributed by atoms with Crippen molar-refractivity contribution in [2.75, 3.05) is 37.6 Å². The highest BCUT2D eigenvalue weighted by atomic mass is 32.2. The number of sulfonamides is 1. The molecule has 3 N–H and O–H groups in total. The van der Waals surface area contributed by atoms with E-state index in [1.54, 1.807) is 12.1 Å². The van der Waals surface area contributed by atoms with E-state index in [9.17, 15) is 8.42 Å². The van der Waals surface area contributed by atoms with Gasteiger partial charge in [0.05, 0.1) is 11.4 Å². The van der Waals surface area contributed by atoms with E-state index in [-0.39, 0.29) is 4.90 Å². The lowest BCUT2D eigenvalue weighted by Gasteiger charge is -2.38. The summed E-state index contributed by atoms with van der Waals surface area (Å²) in [7, 11) is -3.70. The van der Waals surface area contributed by atoms with Gasteiger partial charge < -0.3 is 15.2 Å². The van der Waals surface area contributed by atoms with E-state index in [4.69, 9.17) is 10.5 Å². The van der Waals surface area contributed by atoms with Crippen LogP contribution in [-0.2, 0) is 10.0 Å². The molecule has 2 heterocycles. The number of hydrogen-bond donors (Lipinski definition) is 2. The predicted octanol–water partition coefficient (Wildman–Crippen LogP) is 2.89. The average Bonchev–Trinajstić information content (AvgIpc) is 3.21. The summed E-state index contributed by atoms with van der Waals surface area (Å²) in [6, 6.07) is 14.9. The van der Waals surface area contributed by atoms with Crippen LogP contribution < -0.4 is 10.0 Å². The molecule has 0 amide bonds. The largest absolute Gasteiger partial charge is 0.370 e. The number of nitrogens with one attached hydrogen (secondary N) is 1. The van der Waals surface area contributed by atoms with Gasteiger partial charge in [0.15, 0.2) is 0 Å². The fourth-order valence-electron chi connectivity index (χ4n) is 4.09. The summed E-state index contributed by atoms with van der Waals surface area (Å²) in [5.74, 6) is 0. The maximum Gasteiger partial charge on any atom is 0.238 e. The molecule has 0 unspecified atom stereocenters. The summed E-state index contributed by atoms with van der Waals surface area (Å²) < 4.78 is 23.1. The Kier molecular flexibility index (Phi) is 5.93. The third-order valence-corrected chi connectivity index (χ3v) is 6.58. The van der Waals surface area contributed by atoms with Crippen LogP contribution in [0.4, 0.5) is 5.69 Å². The minimum absolute atomic E-state index is 0.118. The molecule has 0 spiro atoms. The lowest BCUT2D eigenvalue weighted by Crippen LogP contribution is -2.46. The summed E-state index contributed by atoms with van der Waals surface area (Å²) in [6.45, 7) is 6.13. The lowest BCUT2D eigenvalue weighted by atomic mass is 10.0. The van der Waals surface area contributed by atoms with Gasteiger partial charge in [0.1, 0.15) is 0 Å². The van der Waals surface area contributed by atoms with E-state index in [2.05, 4.69) is 33.0 Å². The number of rotatable bonds is 6. The predicted molar refractivity (Wildman–Crippen MR) is 125 cm³/mol. The highest BCUT2D eigenvalue weighted by molar-refractivity contribution is 7.89. The first-order valence-corrected chi connectivity index (χ1v) is 11.9. The Labute approximate surface area is 183 Å². The van der Waals surface area contributed by atoms with E-state index in [1.165, 1.54) is 5.70 Å². The number of aliphatic imine (C=N–C) groups is 1. The van der Waals surface area contributed by atoms with Crippen LogP contribution in [0.2, 0.25) is 0 Å². The van der Waals surface area contributed by atoms with Crippen molar-refractivity contribution in [3.8, 4) is 11.1 Å². The monoisotopic (exact) mass is 437 g/mol. The Bertz CT molecular complexity index is 1140. The number of hydrogen-bond acceptors (Lipinski definition) is 6. The molecule has 31 heavy (non-hydrogen) atoms. The molecule has 0 saturated carbocycles. The molecule has 0 aromatic heterocycles. The number of anilines is 1. The van der Waals surface area contributed by atoms with Crippen molar-refractivity contribution in [1.82, 2.24) is 4.90 Å². The molecule has 0 atom stereocenters. The van der Waals surface area contributed by atoms with Crippen molar-refractivity contribution in [3.05, 3.63) is 60.3 Å². The Morgan fingerprint density at radius 1 is 1.03 bits per heavy atom. The van der Waals surface area contributed by atoms with Gasteiger partial charge in [-0.1, -0.05) is 30.3 Å². The second-order valence-electron chi connectivity index (χ2n) is 7.96. The highest BCUT2D eigenvalue weighted by Crippen LogP contribution is 2.32. The van der Waals surface area contributed by atoms with Gasteiger partial charge in [-0.25, -0.2) is 13.6 Å². The van der Waals surface area contributed by atoms with Crippen molar-refractivity contribution < 1.29 is 8.42 Å². The Hall–Kier alpha value is -2.97. The zero-order chi connectivity index (χ0) is 22.0. The molecule has 7 nitrogen and oxygen atoms in total. The molecule has 0 radical (unpaired) electrons. The standard InChI is InChI=1S/C23H27N5O2S/c1-17(24)14-19-15-20(16-26-19)27-10-12-28(13-11-27)23-5-3-2-4-22(23)18-6-8-21(9-7-18)31(25,29)30/h2-9,15,24H,10-14,16H2,1H3,(H2,25,29,30). The van der Waals surface area contributed by atoms with Crippen LogP contribution in [0.5, 0.6) is 0 Å². The molecule has 0 bridgehead atoms. The van der Waals surface area contributed by atoms with Crippen LogP contribution in [0.3, 0.4) is 0 Å². The maximum atomic E-state index is 11.5. The molecule has 1 saturated heterocycles. The topological polar surface area (TPSA) is 103 Å². The second-order valence-corrected chi connectivity index (χ2v) is 9.52. The molecule has 2 aromatic carbocycles. The smallest absolute Gasteiger partial charge is 0.238 e. The van der Waals surface area contributed by atoms with Crippen molar-refractivity contribution in [2.45, 2.75) is 18.2 Å². The number of para-hydroxylation sites is 1. The van der Waals surface area contributed by atoms with Gasteiger partial charge in [-0.15, -0.1) is 0 Å². The summed E-state index contributed by atoms with van der Waals surface area (Å²) in [6.07, 6.45) is 2.76. The van der Waals surface area contributed by atoms with E-state index < -0.39 is 10.0 Å². The fourth-order valence-corrected chi connectivity index (χ4v) is 4.60. The van der Waals surface area contributed by atoms with E-state index in [1.807, 2.05) is 31.2 Å². The first kappa shape index (κ1) is 21.3. The molecular weight excluding hydrogens is 410 g/mol. The van der Waals surface area contributed by atoms with Gasteiger partial charge in [0.2, 0.25) is 10.0 Å². The average molecular weight is 438 g/mol. The Balaban J connectivity index is 1.47.